The number of rotatable bonds is 9. The quantitative estimate of drug-likeness (QED) is 0.266. The van der Waals surface area contributed by atoms with Gasteiger partial charge in [-0.25, -0.2) is 14.5 Å². The maximum absolute atomic E-state index is 13.2. The Balaban J connectivity index is 1.45. The van der Waals surface area contributed by atoms with Gasteiger partial charge in [-0.2, -0.15) is 0 Å². The van der Waals surface area contributed by atoms with Gasteiger partial charge >= 0.3 is 11.9 Å². The molecule has 3 aromatic carbocycles. The van der Waals surface area contributed by atoms with Gasteiger partial charge in [-0.3, -0.25) is 14.4 Å². The Morgan fingerprint density at radius 2 is 1.49 bits per heavy atom. The molecule has 1 aliphatic heterocycles. The second-order valence-corrected chi connectivity index (χ2v) is 9.47. The lowest BCUT2D eigenvalue weighted by atomic mass is 10.1. The predicted octanol–water partition coefficient (Wildman–Crippen LogP) is 5.12. The second kappa shape index (κ2) is 12.5. The number of hydrogen-bond acceptors (Lipinski definition) is 8. The number of benzene rings is 3. The van der Waals surface area contributed by atoms with E-state index in [0.29, 0.717) is 22.5 Å². The maximum Gasteiger partial charge on any atom is 0.338 e. The van der Waals surface area contributed by atoms with Gasteiger partial charge in [0.05, 0.1) is 29.5 Å². The number of imide groups is 1. The number of nitrogens with one attached hydrogen (secondary N) is 2. The molecule has 0 saturated carbocycles. The molecule has 0 atom stereocenters. The summed E-state index contributed by atoms with van der Waals surface area (Å²) in [5.41, 5.74) is 1.61. The fourth-order valence-corrected chi connectivity index (χ4v) is 4.10. The van der Waals surface area contributed by atoms with Crippen LogP contribution in [0.25, 0.3) is 0 Å². The third-order valence-electron chi connectivity index (χ3n) is 5.76. The normalized spacial score (nSPS) is 13.0. The van der Waals surface area contributed by atoms with E-state index in [1.807, 2.05) is 0 Å². The van der Waals surface area contributed by atoms with Crippen LogP contribution in [0.5, 0.6) is 0 Å². The lowest BCUT2D eigenvalue weighted by molar-refractivity contribution is -0.120. The number of esters is 2. The molecule has 2 N–H and O–H groups in total. The highest BCUT2D eigenvalue weighted by Crippen LogP contribution is 2.31. The van der Waals surface area contributed by atoms with Crippen LogP contribution < -0.4 is 15.5 Å². The van der Waals surface area contributed by atoms with Gasteiger partial charge in [0.1, 0.15) is 10.7 Å². The monoisotopic (exact) mass is 575 g/mol. The smallest absolute Gasteiger partial charge is 0.338 e. The van der Waals surface area contributed by atoms with Crippen LogP contribution >= 0.6 is 11.6 Å². The molecule has 0 bridgehead atoms. The van der Waals surface area contributed by atoms with Crippen LogP contribution in [0.15, 0.2) is 83.5 Å². The first kappa shape index (κ1) is 29.0. The first-order valence-electron chi connectivity index (χ1n) is 12.6. The summed E-state index contributed by atoms with van der Waals surface area (Å²) >= 11 is 6.23. The van der Waals surface area contributed by atoms with Crippen molar-refractivity contribution in [3.05, 3.63) is 100 Å². The van der Waals surface area contributed by atoms with Gasteiger partial charge in [0, 0.05) is 16.9 Å². The Bertz CT molecular complexity index is 1560. The summed E-state index contributed by atoms with van der Waals surface area (Å²) in [6, 6.07) is 18.4. The first-order valence-corrected chi connectivity index (χ1v) is 13.0. The number of ether oxygens (including phenoxy) is 2. The van der Waals surface area contributed by atoms with Crippen LogP contribution in [0.4, 0.5) is 17.1 Å². The number of carbonyl (C=O) groups excluding carboxylic acids is 5. The van der Waals surface area contributed by atoms with E-state index in [0.717, 1.165) is 4.90 Å². The Hall–Kier alpha value is -4.96. The van der Waals surface area contributed by atoms with E-state index in [4.69, 9.17) is 21.1 Å². The molecule has 0 unspecified atom stereocenters. The average Bonchev–Trinajstić information content (AvgIpc) is 3.16. The van der Waals surface area contributed by atoms with Crippen molar-refractivity contribution in [2.45, 2.75) is 26.9 Å². The van der Waals surface area contributed by atoms with E-state index in [2.05, 4.69) is 10.6 Å². The topological polar surface area (TPSA) is 131 Å². The summed E-state index contributed by atoms with van der Waals surface area (Å²) in [6.07, 6.45) is -0.340. The molecule has 3 aromatic rings. The van der Waals surface area contributed by atoms with Gasteiger partial charge in [-0.05, 0) is 81.4 Å². The van der Waals surface area contributed by atoms with Crippen LogP contribution in [-0.2, 0) is 19.1 Å². The first-order chi connectivity index (χ1) is 19.6. The lowest BCUT2D eigenvalue weighted by Gasteiger charge is -2.16. The molecule has 0 fully saturated rings. The van der Waals surface area contributed by atoms with E-state index in [-0.39, 0.29) is 34.7 Å². The molecule has 1 aliphatic rings. The fraction of sp³-hybridized carbons (Fsp3) is 0.167. The summed E-state index contributed by atoms with van der Waals surface area (Å²) in [5, 5.41) is 5.24. The molecule has 10 nitrogen and oxygen atoms in total. The number of carbonyl (C=O) groups is 5. The molecule has 210 valence electrons. The number of halogens is 1. The molecular formula is C30H26ClN3O7. The summed E-state index contributed by atoms with van der Waals surface area (Å²) in [5.74, 6) is -2.97. The van der Waals surface area contributed by atoms with E-state index < -0.39 is 29.7 Å². The molecule has 0 radical (unpaired) electrons. The summed E-state index contributed by atoms with van der Waals surface area (Å²) in [6.45, 7) is 5.36. The fourth-order valence-electron chi connectivity index (χ4n) is 3.89. The van der Waals surface area contributed by atoms with Crippen LogP contribution in [0.2, 0.25) is 0 Å². The van der Waals surface area contributed by atoms with Gasteiger partial charge in [0.25, 0.3) is 17.7 Å². The zero-order valence-corrected chi connectivity index (χ0v) is 23.2. The van der Waals surface area contributed by atoms with Crippen molar-refractivity contribution in [2.75, 3.05) is 22.1 Å². The number of hydrogen-bond donors (Lipinski definition) is 2. The molecule has 3 amide bonds. The van der Waals surface area contributed by atoms with E-state index >= 15 is 0 Å². The largest absolute Gasteiger partial charge is 0.462 e. The Morgan fingerprint density at radius 1 is 0.829 bits per heavy atom. The Labute approximate surface area is 240 Å². The summed E-state index contributed by atoms with van der Waals surface area (Å²) in [4.78, 5) is 63.9. The third-order valence-corrected chi connectivity index (χ3v) is 6.11. The van der Waals surface area contributed by atoms with Crippen LogP contribution in [0.3, 0.4) is 0 Å². The molecule has 4 rings (SSSR count). The van der Waals surface area contributed by atoms with Gasteiger partial charge in [0.15, 0.2) is 0 Å². The minimum atomic E-state index is -0.755. The minimum absolute atomic E-state index is 0.153. The van der Waals surface area contributed by atoms with Gasteiger partial charge in [-0.1, -0.05) is 23.7 Å². The molecule has 41 heavy (non-hydrogen) atoms. The van der Waals surface area contributed by atoms with Crippen LogP contribution in [0, 0.1) is 0 Å². The minimum Gasteiger partial charge on any atom is -0.462 e. The molecular weight excluding hydrogens is 550 g/mol. The van der Waals surface area contributed by atoms with Crippen LogP contribution in [0.1, 0.15) is 51.8 Å². The highest BCUT2D eigenvalue weighted by molar-refractivity contribution is 6.53. The van der Waals surface area contributed by atoms with Crippen molar-refractivity contribution in [3.63, 3.8) is 0 Å². The van der Waals surface area contributed by atoms with Crippen molar-refractivity contribution in [1.29, 1.82) is 0 Å². The summed E-state index contributed by atoms with van der Waals surface area (Å²) in [7, 11) is 0. The molecule has 0 saturated heterocycles. The molecule has 0 spiro atoms. The van der Waals surface area contributed by atoms with Crippen molar-refractivity contribution >= 4 is 58.3 Å². The molecule has 0 aromatic heterocycles. The van der Waals surface area contributed by atoms with Gasteiger partial charge in [-0.15, -0.1) is 0 Å². The van der Waals surface area contributed by atoms with Crippen molar-refractivity contribution < 1.29 is 33.4 Å². The standard InChI is InChI=1S/C30H26ClN3O7/c1-4-40-29(38)19-7-5-9-22(15-19)33-26(35)18-11-13-21(14-12-18)32-25-24(31)27(36)34(28(25)37)23-10-6-8-20(16-23)30(39)41-17(2)3/h5-17,32H,4H2,1-3H3,(H,33,35). The van der Waals surface area contributed by atoms with E-state index in [1.54, 1.807) is 51.1 Å². The van der Waals surface area contributed by atoms with Crippen molar-refractivity contribution in [1.82, 2.24) is 0 Å². The zero-order chi connectivity index (χ0) is 29.7. The Kier molecular flexibility index (Phi) is 8.84. The van der Waals surface area contributed by atoms with Gasteiger partial charge in [0.2, 0.25) is 0 Å². The zero-order valence-electron chi connectivity index (χ0n) is 22.4. The van der Waals surface area contributed by atoms with Crippen LogP contribution in [-0.4, -0.2) is 42.4 Å². The highest BCUT2D eigenvalue weighted by Gasteiger charge is 2.39. The van der Waals surface area contributed by atoms with E-state index in [9.17, 15) is 24.0 Å². The van der Waals surface area contributed by atoms with E-state index in [1.165, 1.54) is 42.5 Å². The number of anilines is 3. The molecule has 1 heterocycles. The molecule has 0 aliphatic carbocycles. The van der Waals surface area contributed by atoms with Gasteiger partial charge < -0.3 is 20.1 Å². The second-order valence-electron chi connectivity index (χ2n) is 9.10. The molecule has 11 heteroatoms. The average molecular weight is 576 g/mol. The third kappa shape index (κ3) is 6.62. The SMILES string of the molecule is CCOC(=O)c1cccc(NC(=O)c2ccc(NC3=C(Cl)C(=O)N(c4cccc(C(=O)OC(C)C)c4)C3=O)cc2)c1. The van der Waals surface area contributed by atoms with Crippen molar-refractivity contribution in [2.24, 2.45) is 0 Å². The highest BCUT2D eigenvalue weighted by atomic mass is 35.5. The Morgan fingerprint density at radius 3 is 2.15 bits per heavy atom. The lowest BCUT2D eigenvalue weighted by Crippen LogP contribution is -2.32. The number of amides is 3. The number of nitrogens with zero attached hydrogens (tertiary/aromatic N) is 1. The summed E-state index contributed by atoms with van der Waals surface area (Å²) < 4.78 is 10.2. The predicted molar refractivity (Wildman–Crippen MR) is 153 cm³/mol. The maximum atomic E-state index is 13.2. The van der Waals surface area contributed by atoms with Crippen molar-refractivity contribution in [3.8, 4) is 0 Å².